The van der Waals surface area contributed by atoms with Crippen LogP contribution in [0.15, 0.2) is 12.1 Å². The predicted molar refractivity (Wildman–Crippen MR) is 78.5 cm³/mol. The van der Waals surface area contributed by atoms with Gasteiger partial charge in [-0.25, -0.2) is 9.78 Å². The Hall–Kier alpha value is -1.95. The Morgan fingerprint density at radius 1 is 1.38 bits per heavy atom. The second-order valence-electron chi connectivity index (χ2n) is 5.52. The van der Waals surface area contributed by atoms with Crippen molar-refractivity contribution in [3.63, 3.8) is 0 Å². The zero-order chi connectivity index (χ0) is 15.4. The SMILES string of the molecule is Cc1nc(C(=O)NC(C)CN2CCCC2)ccc1C(=O)O. The lowest BCUT2D eigenvalue weighted by Gasteiger charge is -2.21. The first-order valence-electron chi connectivity index (χ1n) is 7.21. The molecule has 0 aromatic carbocycles. The summed E-state index contributed by atoms with van der Waals surface area (Å²) in [6.07, 6.45) is 2.44. The van der Waals surface area contributed by atoms with Crippen molar-refractivity contribution < 1.29 is 14.7 Å². The minimum absolute atomic E-state index is 0.0388. The van der Waals surface area contributed by atoms with Crippen molar-refractivity contribution in [1.29, 1.82) is 0 Å². The molecule has 114 valence electrons. The summed E-state index contributed by atoms with van der Waals surface area (Å²) in [6.45, 7) is 6.57. The molecular weight excluding hydrogens is 270 g/mol. The monoisotopic (exact) mass is 291 g/mol. The van der Waals surface area contributed by atoms with E-state index in [0.717, 1.165) is 19.6 Å². The topological polar surface area (TPSA) is 82.5 Å². The van der Waals surface area contributed by atoms with Crippen LogP contribution in [0.25, 0.3) is 0 Å². The smallest absolute Gasteiger partial charge is 0.337 e. The molecule has 1 atom stereocenters. The Morgan fingerprint density at radius 3 is 2.62 bits per heavy atom. The molecule has 0 bridgehead atoms. The molecule has 1 saturated heterocycles. The number of hydrogen-bond donors (Lipinski definition) is 2. The van der Waals surface area contributed by atoms with E-state index in [9.17, 15) is 9.59 Å². The van der Waals surface area contributed by atoms with Crippen LogP contribution in [0.2, 0.25) is 0 Å². The molecule has 1 fully saturated rings. The van der Waals surface area contributed by atoms with Crippen LogP contribution in [0.4, 0.5) is 0 Å². The van der Waals surface area contributed by atoms with Crippen molar-refractivity contribution in [2.75, 3.05) is 19.6 Å². The number of likely N-dealkylation sites (tertiary alicyclic amines) is 1. The normalized spacial score (nSPS) is 16.7. The first-order chi connectivity index (χ1) is 9.97. The van der Waals surface area contributed by atoms with E-state index in [1.165, 1.54) is 25.0 Å². The van der Waals surface area contributed by atoms with Crippen LogP contribution in [0.3, 0.4) is 0 Å². The van der Waals surface area contributed by atoms with E-state index in [0.29, 0.717) is 5.69 Å². The number of carboxylic acids is 1. The summed E-state index contributed by atoms with van der Waals surface area (Å²) in [5.74, 6) is -1.30. The summed E-state index contributed by atoms with van der Waals surface area (Å²) >= 11 is 0. The molecule has 0 aliphatic carbocycles. The van der Waals surface area contributed by atoms with Gasteiger partial charge < -0.3 is 15.3 Å². The summed E-state index contributed by atoms with van der Waals surface area (Å²) in [5, 5.41) is 11.9. The van der Waals surface area contributed by atoms with Gasteiger partial charge in [0.25, 0.3) is 5.91 Å². The fourth-order valence-corrected chi connectivity index (χ4v) is 2.61. The van der Waals surface area contributed by atoms with Gasteiger partial charge in [-0.15, -0.1) is 0 Å². The van der Waals surface area contributed by atoms with Crippen LogP contribution in [0.5, 0.6) is 0 Å². The molecular formula is C15H21N3O3. The van der Waals surface area contributed by atoms with Gasteiger partial charge in [-0.1, -0.05) is 0 Å². The molecule has 2 heterocycles. The highest BCUT2D eigenvalue weighted by Crippen LogP contribution is 2.09. The number of aromatic carboxylic acids is 1. The molecule has 6 nitrogen and oxygen atoms in total. The molecule has 0 radical (unpaired) electrons. The number of aryl methyl sites for hydroxylation is 1. The van der Waals surface area contributed by atoms with Gasteiger partial charge in [0.2, 0.25) is 0 Å². The van der Waals surface area contributed by atoms with Crippen LogP contribution in [0, 0.1) is 6.92 Å². The maximum absolute atomic E-state index is 12.1. The van der Waals surface area contributed by atoms with Gasteiger partial charge in [-0.3, -0.25) is 4.79 Å². The average molecular weight is 291 g/mol. The van der Waals surface area contributed by atoms with E-state index in [1.54, 1.807) is 6.92 Å². The maximum atomic E-state index is 12.1. The standard InChI is InChI=1S/C15H21N3O3/c1-10(9-18-7-3-4-8-18)16-14(19)13-6-5-12(15(20)21)11(2)17-13/h5-6,10H,3-4,7-9H2,1-2H3,(H,16,19)(H,20,21). The summed E-state index contributed by atoms with van der Waals surface area (Å²) < 4.78 is 0. The van der Waals surface area contributed by atoms with E-state index in [4.69, 9.17) is 5.11 Å². The molecule has 1 aromatic heterocycles. The van der Waals surface area contributed by atoms with Gasteiger partial charge >= 0.3 is 5.97 Å². The quantitative estimate of drug-likeness (QED) is 0.854. The average Bonchev–Trinajstić information content (AvgIpc) is 2.90. The maximum Gasteiger partial charge on any atom is 0.337 e. The number of aromatic nitrogens is 1. The lowest BCUT2D eigenvalue weighted by molar-refractivity contribution is 0.0694. The molecule has 1 amide bonds. The lowest BCUT2D eigenvalue weighted by atomic mass is 10.2. The van der Waals surface area contributed by atoms with E-state index < -0.39 is 5.97 Å². The number of carbonyl (C=O) groups excluding carboxylic acids is 1. The van der Waals surface area contributed by atoms with Gasteiger partial charge in [0.1, 0.15) is 5.69 Å². The molecule has 1 aliphatic rings. The molecule has 6 heteroatoms. The van der Waals surface area contributed by atoms with Crippen LogP contribution in [-0.2, 0) is 0 Å². The second-order valence-corrected chi connectivity index (χ2v) is 5.52. The summed E-state index contributed by atoms with van der Waals surface area (Å²) in [4.78, 5) is 29.5. The second kappa shape index (κ2) is 6.67. The van der Waals surface area contributed by atoms with Crippen LogP contribution >= 0.6 is 0 Å². The summed E-state index contributed by atoms with van der Waals surface area (Å²) in [6, 6.07) is 2.91. The van der Waals surface area contributed by atoms with Gasteiger partial charge in [0.15, 0.2) is 0 Å². The third kappa shape index (κ3) is 4.01. The Labute approximate surface area is 124 Å². The Bertz CT molecular complexity index is 539. The van der Waals surface area contributed by atoms with Gasteiger partial charge in [0.05, 0.1) is 11.3 Å². The van der Waals surface area contributed by atoms with E-state index in [-0.39, 0.29) is 23.2 Å². The van der Waals surface area contributed by atoms with E-state index in [2.05, 4.69) is 15.2 Å². The summed E-state index contributed by atoms with van der Waals surface area (Å²) in [7, 11) is 0. The number of nitrogens with one attached hydrogen (secondary N) is 1. The minimum atomic E-state index is -1.03. The number of carbonyl (C=O) groups is 2. The third-order valence-electron chi connectivity index (χ3n) is 3.66. The molecule has 0 spiro atoms. The van der Waals surface area contributed by atoms with Crippen molar-refractivity contribution in [1.82, 2.24) is 15.2 Å². The number of carboxylic acid groups (broad SMARTS) is 1. The highest BCUT2D eigenvalue weighted by Gasteiger charge is 2.18. The molecule has 1 aliphatic heterocycles. The molecule has 21 heavy (non-hydrogen) atoms. The first-order valence-corrected chi connectivity index (χ1v) is 7.21. The van der Waals surface area contributed by atoms with Crippen LogP contribution in [-0.4, -0.2) is 52.5 Å². The van der Waals surface area contributed by atoms with Crippen LogP contribution < -0.4 is 5.32 Å². The van der Waals surface area contributed by atoms with E-state index >= 15 is 0 Å². The largest absolute Gasteiger partial charge is 0.478 e. The molecule has 1 unspecified atom stereocenters. The molecule has 2 N–H and O–H groups in total. The number of hydrogen-bond acceptors (Lipinski definition) is 4. The highest BCUT2D eigenvalue weighted by molar-refractivity contribution is 5.94. The van der Waals surface area contributed by atoms with Crippen molar-refractivity contribution >= 4 is 11.9 Å². The Balaban J connectivity index is 1.96. The zero-order valence-corrected chi connectivity index (χ0v) is 12.4. The molecule has 2 rings (SSSR count). The van der Waals surface area contributed by atoms with Gasteiger partial charge in [-0.05, 0) is 51.9 Å². The summed E-state index contributed by atoms with van der Waals surface area (Å²) in [5.41, 5.74) is 0.727. The fraction of sp³-hybridized carbons (Fsp3) is 0.533. The van der Waals surface area contributed by atoms with Crippen molar-refractivity contribution in [3.05, 3.63) is 29.1 Å². The number of pyridine rings is 1. The van der Waals surface area contributed by atoms with Crippen molar-refractivity contribution in [3.8, 4) is 0 Å². The van der Waals surface area contributed by atoms with Gasteiger partial charge in [-0.2, -0.15) is 0 Å². The Morgan fingerprint density at radius 2 is 2.05 bits per heavy atom. The van der Waals surface area contributed by atoms with Gasteiger partial charge in [0, 0.05) is 12.6 Å². The van der Waals surface area contributed by atoms with Crippen molar-refractivity contribution in [2.45, 2.75) is 32.7 Å². The van der Waals surface area contributed by atoms with E-state index in [1.807, 2.05) is 6.92 Å². The minimum Gasteiger partial charge on any atom is -0.478 e. The first kappa shape index (κ1) is 15.4. The van der Waals surface area contributed by atoms with Crippen molar-refractivity contribution in [2.24, 2.45) is 0 Å². The zero-order valence-electron chi connectivity index (χ0n) is 12.4. The highest BCUT2D eigenvalue weighted by atomic mass is 16.4. The predicted octanol–water partition coefficient (Wildman–Crippen LogP) is 1.30. The number of rotatable bonds is 5. The fourth-order valence-electron chi connectivity index (χ4n) is 2.61. The lowest BCUT2D eigenvalue weighted by Crippen LogP contribution is -2.41. The number of nitrogens with zero attached hydrogens (tertiary/aromatic N) is 2. The number of amides is 1. The third-order valence-corrected chi connectivity index (χ3v) is 3.66. The molecule has 1 aromatic rings. The Kier molecular flexibility index (Phi) is 4.90. The molecule has 0 saturated carbocycles. The van der Waals surface area contributed by atoms with Crippen LogP contribution in [0.1, 0.15) is 46.3 Å².